The Morgan fingerprint density at radius 3 is 2.60 bits per heavy atom. The number of amides is 1. The maximum atomic E-state index is 14.7. The van der Waals surface area contributed by atoms with Crippen LogP contribution >= 0.6 is 0 Å². The molecule has 1 saturated heterocycles. The van der Waals surface area contributed by atoms with Crippen molar-refractivity contribution in [1.82, 2.24) is 14.7 Å². The molecule has 0 saturated carbocycles. The average molecular weight is 498 g/mol. The van der Waals surface area contributed by atoms with Crippen LogP contribution in [0.1, 0.15) is 43.1 Å². The molecule has 35 heavy (non-hydrogen) atoms. The van der Waals surface area contributed by atoms with Crippen LogP contribution in [0.4, 0.5) is 16.0 Å². The Balaban J connectivity index is 1.80. The second kappa shape index (κ2) is 8.92. The number of aromatic nitrogens is 2. The molecule has 1 atom stereocenters. The minimum absolute atomic E-state index is 0.0643. The fraction of sp³-hybridized carbons (Fsp3) is 0.320. The highest BCUT2D eigenvalue weighted by molar-refractivity contribution is 7.90. The highest BCUT2D eigenvalue weighted by Crippen LogP contribution is 2.39. The summed E-state index contributed by atoms with van der Waals surface area (Å²) in [5.74, 6) is -0.917. The molecule has 0 aliphatic carbocycles. The van der Waals surface area contributed by atoms with Gasteiger partial charge in [0, 0.05) is 23.8 Å². The van der Waals surface area contributed by atoms with E-state index in [1.807, 2.05) is 18.7 Å². The summed E-state index contributed by atoms with van der Waals surface area (Å²) in [5.41, 5.74) is 6.84. The van der Waals surface area contributed by atoms with E-state index in [4.69, 9.17) is 5.73 Å². The smallest absolute Gasteiger partial charge is 0.268 e. The molecule has 3 heterocycles. The number of benzene rings is 1. The van der Waals surface area contributed by atoms with Crippen LogP contribution < -0.4 is 15.4 Å². The zero-order valence-electron chi connectivity index (χ0n) is 20.0. The minimum atomic E-state index is -4.29. The van der Waals surface area contributed by atoms with Gasteiger partial charge in [-0.25, -0.2) is 27.5 Å². The molecule has 1 aliphatic heterocycles. The van der Waals surface area contributed by atoms with E-state index in [-0.39, 0.29) is 21.8 Å². The van der Waals surface area contributed by atoms with Gasteiger partial charge in [-0.05, 0) is 75.1 Å². The number of sulfonamides is 1. The molecule has 4 rings (SSSR count). The van der Waals surface area contributed by atoms with Gasteiger partial charge in [-0.2, -0.15) is 0 Å². The maximum Gasteiger partial charge on any atom is 0.268 e. The Morgan fingerprint density at radius 2 is 1.97 bits per heavy atom. The van der Waals surface area contributed by atoms with Crippen LogP contribution in [0.5, 0.6) is 0 Å². The third-order valence-electron chi connectivity index (χ3n) is 6.78. The van der Waals surface area contributed by atoms with E-state index >= 15 is 0 Å². The molecule has 1 fully saturated rings. The minimum Gasteiger partial charge on any atom is -0.383 e. The highest BCUT2D eigenvalue weighted by atomic mass is 32.2. The quantitative estimate of drug-likeness (QED) is 0.548. The average Bonchev–Trinajstić information content (AvgIpc) is 3.05. The van der Waals surface area contributed by atoms with Crippen molar-refractivity contribution in [2.45, 2.75) is 44.6 Å². The van der Waals surface area contributed by atoms with Crippen LogP contribution in [0.15, 0.2) is 53.6 Å². The summed E-state index contributed by atoms with van der Waals surface area (Å²) in [6.07, 6.45) is 2.22. The van der Waals surface area contributed by atoms with Crippen molar-refractivity contribution < 1.29 is 17.6 Å². The third-order valence-corrected chi connectivity index (χ3v) is 8.16. The zero-order valence-corrected chi connectivity index (χ0v) is 20.9. The molecule has 8 nitrogen and oxygen atoms in total. The first-order valence-corrected chi connectivity index (χ1v) is 12.7. The predicted molar refractivity (Wildman–Crippen MR) is 133 cm³/mol. The van der Waals surface area contributed by atoms with Gasteiger partial charge in [0.1, 0.15) is 22.3 Å². The fourth-order valence-electron chi connectivity index (χ4n) is 4.28. The number of nitrogens with two attached hydrogens (primary N) is 1. The summed E-state index contributed by atoms with van der Waals surface area (Å²) in [4.78, 5) is 23.4. The van der Waals surface area contributed by atoms with E-state index in [1.165, 1.54) is 36.5 Å². The summed E-state index contributed by atoms with van der Waals surface area (Å²) >= 11 is 0. The van der Waals surface area contributed by atoms with Crippen LogP contribution in [0.25, 0.3) is 11.3 Å². The highest BCUT2D eigenvalue weighted by Gasteiger charge is 2.41. The standard InChI is InChI=1S/C25H28FN5O3S/c1-15-7-8-17(19(26)14-15)20-10-9-18(23(29-20)31-13-11-16(2)25(31,3)4)24(32)30-35(33,34)21-6-5-12-28-22(21)27/h5-10,12,14,16H,11,13H2,1-4H3,(H2,27,28)(H,30,32). The second-order valence-electron chi connectivity index (χ2n) is 9.37. The molecule has 1 amide bonds. The largest absolute Gasteiger partial charge is 0.383 e. The Hall–Kier alpha value is -3.53. The molecule has 1 aliphatic rings. The number of rotatable bonds is 5. The van der Waals surface area contributed by atoms with Gasteiger partial charge in [0.15, 0.2) is 0 Å². The molecule has 0 spiro atoms. The summed E-state index contributed by atoms with van der Waals surface area (Å²) in [6.45, 7) is 8.60. The normalized spacial score (nSPS) is 17.4. The number of hydrogen-bond donors (Lipinski definition) is 2. The number of nitrogen functional groups attached to an aromatic ring is 1. The van der Waals surface area contributed by atoms with Crippen molar-refractivity contribution in [3.05, 3.63) is 65.6 Å². The number of halogens is 1. The molecule has 0 bridgehead atoms. The molecule has 1 aromatic carbocycles. The van der Waals surface area contributed by atoms with Crippen LogP contribution in [-0.4, -0.2) is 36.4 Å². The first-order valence-electron chi connectivity index (χ1n) is 11.2. The van der Waals surface area contributed by atoms with E-state index in [1.54, 1.807) is 19.1 Å². The number of hydrogen-bond acceptors (Lipinski definition) is 7. The Kier molecular flexibility index (Phi) is 6.27. The van der Waals surface area contributed by atoms with Gasteiger partial charge in [-0.15, -0.1) is 0 Å². The summed E-state index contributed by atoms with van der Waals surface area (Å²) in [5, 5.41) is 0. The molecule has 3 N–H and O–H groups in total. The van der Waals surface area contributed by atoms with Crippen molar-refractivity contribution in [2.24, 2.45) is 5.92 Å². The Bertz CT molecular complexity index is 1410. The Morgan fingerprint density at radius 1 is 1.23 bits per heavy atom. The number of nitrogens with zero attached hydrogens (tertiary/aromatic N) is 3. The lowest BCUT2D eigenvalue weighted by Crippen LogP contribution is -2.43. The molecule has 184 valence electrons. The Labute approximate surface area is 204 Å². The van der Waals surface area contributed by atoms with E-state index in [9.17, 15) is 17.6 Å². The summed E-state index contributed by atoms with van der Waals surface area (Å²) < 4.78 is 42.6. The van der Waals surface area contributed by atoms with E-state index in [0.717, 1.165) is 12.0 Å². The zero-order chi connectivity index (χ0) is 25.5. The molecule has 2 aromatic heterocycles. The molecule has 3 aromatic rings. The van der Waals surface area contributed by atoms with Crippen molar-refractivity contribution in [1.29, 1.82) is 0 Å². The van der Waals surface area contributed by atoms with E-state index < -0.39 is 21.7 Å². The van der Waals surface area contributed by atoms with Gasteiger partial charge in [-0.1, -0.05) is 13.0 Å². The van der Waals surface area contributed by atoms with Gasteiger partial charge >= 0.3 is 0 Å². The lowest BCUT2D eigenvalue weighted by molar-refractivity contribution is 0.0981. The lowest BCUT2D eigenvalue weighted by Gasteiger charge is -2.36. The van der Waals surface area contributed by atoms with Crippen LogP contribution in [0.2, 0.25) is 0 Å². The summed E-state index contributed by atoms with van der Waals surface area (Å²) in [6, 6.07) is 10.5. The topological polar surface area (TPSA) is 118 Å². The van der Waals surface area contributed by atoms with Crippen LogP contribution in [-0.2, 0) is 10.0 Å². The molecule has 1 unspecified atom stereocenters. The van der Waals surface area contributed by atoms with Crippen molar-refractivity contribution >= 4 is 27.6 Å². The van der Waals surface area contributed by atoms with Crippen molar-refractivity contribution in [3.8, 4) is 11.3 Å². The van der Waals surface area contributed by atoms with Gasteiger partial charge in [0.2, 0.25) is 0 Å². The van der Waals surface area contributed by atoms with Gasteiger partial charge < -0.3 is 10.6 Å². The van der Waals surface area contributed by atoms with Crippen LogP contribution in [0, 0.1) is 18.7 Å². The number of nitrogens with one attached hydrogen (secondary N) is 1. The monoisotopic (exact) mass is 497 g/mol. The lowest BCUT2D eigenvalue weighted by atomic mass is 9.90. The summed E-state index contributed by atoms with van der Waals surface area (Å²) in [7, 11) is -4.29. The number of carbonyl (C=O) groups excluding carboxylic acids is 1. The van der Waals surface area contributed by atoms with Gasteiger partial charge in [-0.3, -0.25) is 4.79 Å². The molecular formula is C25H28FN5O3S. The predicted octanol–water partition coefficient (Wildman–Crippen LogP) is 3.92. The first-order chi connectivity index (χ1) is 16.4. The first kappa shape index (κ1) is 24.6. The van der Waals surface area contributed by atoms with Gasteiger partial charge in [0.25, 0.3) is 15.9 Å². The van der Waals surface area contributed by atoms with Gasteiger partial charge in [0.05, 0.1) is 11.3 Å². The fourth-order valence-corrected chi connectivity index (χ4v) is 5.33. The number of aryl methyl sites for hydroxylation is 1. The second-order valence-corrected chi connectivity index (χ2v) is 11.0. The van der Waals surface area contributed by atoms with E-state index in [0.29, 0.717) is 29.5 Å². The SMILES string of the molecule is Cc1ccc(-c2ccc(C(=O)NS(=O)(=O)c3cccnc3N)c(N3CCC(C)C3(C)C)n2)c(F)c1. The van der Waals surface area contributed by atoms with Crippen molar-refractivity contribution in [2.75, 3.05) is 17.2 Å². The van der Waals surface area contributed by atoms with Crippen LogP contribution in [0.3, 0.4) is 0 Å². The number of anilines is 2. The number of carbonyl (C=O) groups is 1. The maximum absolute atomic E-state index is 14.7. The van der Waals surface area contributed by atoms with E-state index in [2.05, 4.69) is 21.6 Å². The molecule has 0 radical (unpaired) electrons. The molecule has 10 heteroatoms. The third kappa shape index (κ3) is 4.58. The van der Waals surface area contributed by atoms with Crippen molar-refractivity contribution in [3.63, 3.8) is 0 Å². The number of pyridine rings is 2. The molecular weight excluding hydrogens is 469 g/mol.